The van der Waals surface area contributed by atoms with Crippen LogP contribution in [0.15, 0.2) is 0 Å². The van der Waals surface area contributed by atoms with Gasteiger partial charge in [0.25, 0.3) is 0 Å². The first kappa shape index (κ1) is 8.12. The van der Waals surface area contributed by atoms with Crippen molar-refractivity contribution in [2.24, 2.45) is 0 Å². The van der Waals surface area contributed by atoms with Crippen molar-refractivity contribution in [1.82, 2.24) is 10.2 Å². The molecule has 0 aliphatic carbocycles. The number of nitrogens with zero attached hydrogens (tertiary/aromatic N) is 2. The molecule has 1 aromatic heterocycles. The average molecular weight is 366 g/mol. The maximum atomic E-state index is 3.97. The van der Waals surface area contributed by atoms with Crippen molar-refractivity contribution in [3.05, 3.63) is 10.0 Å². The predicted molar refractivity (Wildman–Crippen MR) is 55.4 cm³/mol. The van der Waals surface area contributed by atoms with Gasteiger partial charge in [0.1, 0.15) is 11.9 Å². The fourth-order valence-electron chi connectivity index (χ4n) is 0.400. The largest absolute Gasteiger partial charge is 0.144 e. The van der Waals surface area contributed by atoms with Gasteiger partial charge in [0, 0.05) is 0 Å². The van der Waals surface area contributed by atoms with E-state index in [0.29, 0.717) is 1.93 Å². The van der Waals surface area contributed by atoms with Gasteiger partial charge in [0.15, 0.2) is 0 Å². The quantitative estimate of drug-likeness (QED) is 0.565. The molecule has 0 bridgehead atoms. The Balaban J connectivity index is 2.85. The van der Waals surface area contributed by atoms with Gasteiger partial charge in [-0.2, -0.15) is 0 Å². The highest BCUT2D eigenvalue weighted by Crippen LogP contribution is 2.31. The van der Waals surface area contributed by atoms with E-state index >= 15 is 0 Å². The molecular weight excluding hydrogens is 362 g/mol. The van der Waals surface area contributed by atoms with Crippen molar-refractivity contribution in [2.45, 2.75) is 8.86 Å². The Morgan fingerprint density at radius 3 is 2.33 bits per heavy atom. The summed E-state index contributed by atoms with van der Waals surface area (Å²) in [5.74, 6) is 0. The summed E-state index contributed by atoms with van der Waals surface area (Å²) in [5, 5.41) is 10.0. The Morgan fingerprint density at radius 1 is 1.44 bits per heavy atom. The van der Waals surface area contributed by atoms with Crippen LogP contribution in [-0.4, -0.2) is 10.2 Å². The number of hydrogen-bond donors (Lipinski definition) is 0. The van der Waals surface area contributed by atoms with Crippen LogP contribution >= 0.6 is 56.5 Å². The fraction of sp³-hybridized carbons (Fsp3) is 0.500. The molecule has 0 aliphatic heterocycles. The van der Waals surface area contributed by atoms with Crippen LogP contribution in [0.3, 0.4) is 0 Å². The van der Waals surface area contributed by atoms with Gasteiger partial charge in [-0.1, -0.05) is 56.5 Å². The van der Waals surface area contributed by atoms with Crippen molar-refractivity contribution in [3.8, 4) is 0 Å². The van der Waals surface area contributed by atoms with Crippen LogP contribution in [0.5, 0.6) is 0 Å². The molecule has 0 N–H and O–H groups in total. The van der Waals surface area contributed by atoms with E-state index in [4.69, 9.17) is 0 Å². The molecule has 0 unspecified atom stereocenters. The molecule has 0 saturated heterocycles. The minimum atomic E-state index is 0.464. The smallest absolute Gasteiger partial charge is 0.140 e. The molecule has 0 saturated carbocycles. The molecule has 1 aromatic rings. The topological polar surface area (TPSA) is 25.8 Å². The highest BCUT2D eigenvalue weighted by atomic mass is 127. The van der Waals surface area contributed by atoms with Crippen LogP contribution in [0.4, 0.5) is 0 Å². The van der Waals surface area contributed by atoms with Gasteiger partial charge >= 0.3 is 0 Å². The Morgan fingerprint density at radius 2 is 2.11 bits per heavy atom. The van der Waals surface area contributed by atoms with Gasteiger partial charge in [-0.15, -0.1) is 10.2 Å². The predicted octanol–water partition coefficient (Wildman–Crippen LogP) is 2.72. The van der Waals surface area contributed by atoms with Crippen molar-refractivity contribution < 1.29 is 0 Å². The minimum absolute atomic E-state index is 0.464. The lowest BCUT2D eigenvalue weighted by molar-refractivity contribution is 1.02. The summed E-state index contributed by atoms with van der Waals surface area (Å²) in [6, 6.07) is 0. The lowest BCUT2D eigenvalue weighted by Crippen LogP contribution is -1.76. The van der Waals surface area contributed by atoms with E-state index in [1.807, 2.05) is 6.92 Å². The second kappa shape index (κ2) is 3.42. The molecule has 0 radical (unpaired) electrons. The minimum Gasteiger partial charge on any atom is -0.144 e. The van der Waals surface area contributed by atoms with E-state index in [-0.39, 0.29) is 0 Å². The zero-order valence-corrected chi connectivity index (χ0v) is 9.77. The van der Waals surface area contributed by atoms with Crippen LogP contribution in [0.25, 0.3) is 0 Å². The van der Waals surface area contributed by atoms with Gasteiger partial charge in [-0.25, -0.2) is 0 Å². The molecule has 5 heteroatoms. The molecular formula is C4H4I2N2S. The van der Waals surface area contributed by atoms with E-state index in [1.165, 1.54) is 0 Å². The van der Waals surface area contributed by atoms with Crippen molar-refractivity contribution in [3.63, 3.8) is 0 Å². The Hall–Kier alpha value is 1.02. The van der Waals surface area contributed by atoms with Gasteiger partial charge in [0.05, 0.1) is 0 Å². The molecule has 50 valence electrons. The van der Waals surface area contributed by atoms with Crippen LogP contribution in [-0.2, 0) is 0 Å². The number of rotatable bonds is 1. The third-order valence-electron chi connectivity index (χ3n) is 0.728. The molecule has 0 atom stereocenters. The van der Waals surface area contributed by atoms with Gasteiger partial charge in [-0.05, 0) is 6.92 Å². The first-order chi connectivity index (χ1) is 4.20. The maximum absolute atomic E-state index is 3.97. The van der Waals surface area contributed by atoms with Gasteiger partial charge in [-0.3, -0.25) is 0 Å². The molecule has 0 amide bonds. The molecule has 1 heterocycles. The zero-order valence-electron chi connectivity index (χ0n) is 4.64. The summed E-state index contributed by atoms with van der Waals surface area (Å²) in [5.41, 5.74) is 0. The Bertz CT molecular complexity index is 198. The molecule has 9 heavy (non-hydrogen) atoms. The standard InChI is InChI=1S/C4H4I2N2S/c1-2-7-8-4(9-2)3(5)6/h3H,1H3. The third-order valence-corrected chi connectivity index (χ3v) is 3.66. The number of aryl methyl sites for hydroxylation is 1. The number of aromatic nitrogens is 2. The third kappa shape index (κ3) is 2.26. The summed E-state index contributed by atoms with van der Waals surface area (Å²) in [4.78, 5) is 0. The van der Waals surface area contributed by atoms with E-state index in [9.17, 15) is 0 Å². The molecule has 0 fully saturated rings. The highest BCUT2D eigenvalue weighted by molar-refractivity contribution is 14.2. The Kier molecular flexibility index (Phi) is 3.09. The summed E-state index contributed by atoms with van der Waals surface area (Å²) < 4.78 is 0.464. The fourth-order valence-corrected chi connectivity index (χ4v) is 1.97. The van der Waals surface area contributed by atoms with Crippen LogP contribution < -0.4 is 0 Å². The van der Waals surface area contributed by atoms with Gasteiger partial charge < -0.3 is 0 Å². The molecule has 0 spiro atoms. The van der Waals surface area contributed by atoms with Crippen molar-refractivity contribution in [1.29, 1.82) is 0 Å². The lowest BCUT2D eigenvalue weighted by atomic mass is 10.9. The summed E-state index contributed by atoms with van der Waals surface area (Å²) in [6.45, 7) is 1.97. The number of halogens is 2. The maximum Gasteiger partial charge on any atom is 0.140 e. The van der Waals surface area contributed by atoms with Crippen LogP contribution in [0, 0.1) is 6.92 Å². The zero-order chi connectivity index (χ0) is 6.85. The monoisotopic (exact) mass is 366 g/mol. The van der Waals surface area contributed by atoms with E-state index in [1.54, 1.807) is 11.3 Å². The van der Waals surface area contributed by atoms with E-state index in [2.05, 4.69) is 55.4 Å². The number of hydrogen-bond acceptors (Lipinski definition) is 3. The molecule has 2 nitrogen and oxygen atoms in total. The first-order valence-corrected chi connectivity index (χ1v) is 5.59. The SMILES string of the molecule is Cc1nnc(C(I)I)s1. The van der Waals surface area contributed by atoms with Crippen LogP contribution in [0.2, 0.25) is 0 Å². The summed E-state index contributed by atoms with van der Waals surface area (Å²) in [6.07, 6.45) is 0. The molecule has 1 rings (SSSR count). The van der Waals surface area contributed by atoms with E-state index < -0.39 is 0 Å². The summed E-state index contributed by atoms with van der Waals surface area (Å²) >= 11 is 6.29. The highest BCUT2D eigenvalue weighted by Gasteiger charge is 2.06. The number of alkyl halides is 2. The summed E-state index contributed by atoms with van der Waals surface area (Å²) in [7, 11) is 0. The second-order valence-corrected chi connectivity index (χ2v) is 7.55. The van der Waals surface area contributed by atoms with Gasteiger partial charge in [0.2, 0.25) is 0 Å². The molecule has 0 aromatic carbocycles. The van der Waals surface area contributed by atoms with Crippen molar-refractivity contribution >= 4 is 56.5 Å². The lowest BCUT2D eigenvalue weighted by Gasteiger charge is -1.88. The van der Waals surface area contributed by atoms with Crippen molar-refractivity contribution in [2.75, 3.05) is 0 Å². The first-order valence-electron chi connectivity index (χ1n) is 2.28. The molecule has 0 aliphatic rings. The Labute approximate surface area is 84.7 Å². The normalized spacial score (nSPS) is 10.7. The van der Waals surface area contributed by atoms with Crippen LogP contribution in [0.1, 0.15) is 11.9 Å². The average Bonchev–Trinajstić information content (AvgIpc) is 2.14. The van der Waals surface area contributed by atoms with E-state index in [0.717, 1.165) is 10.0 Å². The second-order valence-electron chi connectivity index (χ2n) is 1.46.